The highest BCUT2D eigenvalue weighted by atomic mass is 32.1. The van der Waals surface area contributed by atoms with Crippen molar-refractivity contribution in [2.45, 2.75) is 26.3 Å². The van der Waals surface area contributed by atoms with Gasteiger partial charge in [-0.3, -0.25) is 10.1 Å². The van der Waals surface area contributed by atoms with E-state index in [0.717, 1.165) is 11.3 Å². The fraction of sp³-hybridized carbons (Fsp3) is 0.312. The lowest BCUT2D eigenvalue weighted by Crippen LogP contribution is -2.40. The number of aromatic nitrogens is 3. The number of hydrogen-bond donors (Lipinski definition) is 4. The number of aromatic amines is 2. The molecule has 138 valence electrons. The van der Waals surface area contributed by atoms with Crippen LogP contribution >= 0.6 is 24.4 Å². The van der Waals surface area contributed by atoms with Gasteiger partial charge in [0.15, 0.2) is 4.77 Å². The molecule has 8 nitrogen and oxygen atoms in total. The van der Waals surface area contributed by atoms with Gasteiger partial charge >= 0.3 is 5.97 Å². The molecule has 0 saturated carbocycles. The standard InChI is InChI=1S/C16H19N5O3S2/c1-9-3-5-11(6-4-9)21(10(2)13(23)24)8-7-12(22)17-14-18-15(25)20-16(26)19-14/h3-6,10H,7-8H2,1-2H3,(H,23,24)(H3,17,18,19,20,22,25,26). The van der Waals surface area contributed by atoms with Crippen LogP contribution in [0.15, 0.2) is 24.3 Å². The van der Waals surface area contributed by atoms with E-state index >= 15 is 0 Å². The van der Waals surface area contributed by atoms with Crippen LogP contribution in [0.3, 0.4) is 0 Å². The maximum atomic E-state index is 12.2. The SMILES string of the molecule is Cc1ccc(N(CCC(=O)Nc2nc(=S)[nH]c(=S)[nH]2)C(C)C(=O)O)cc1. The molecule has 2 rings (SSSR count). The van der Waals surface area contributed by atoms with E-state index in [1.165, 1.54) is 0 Å². The van der Waals surface area contributed by atoms with Crippen molar-refractivity contribution in [1.82, 2.24) is 15.0 Å². The number of anilines is 2. The summed E-state index contributed by atoms with van der Waals surface area (Å²) >= 11 is 9.85. The number of carbonyl (C=O) groups excluding carboxylic acids is 1. The van der Waals surface area contributed by atoms with Gasteiger partial charge in [0, 0.05) is 18.7 Å². The van der Waals surface area contributed by atoms with Crippen molar-refractivity contribution in [3.05, 3.63) is 39.4 Å². The van der Waals surface area contributed by atoms with Crippen LogP contribution in [0.5, 0.6) is 0 Å². The van der Waals surface area contributed by atoms with Crippen molar-refractivity contribution < 1.29 is 14.7 Å². The number of benzene rings is 1. The van der Waals surface area contributed by atoms with Crippen molar-refractivity contribution in [3.63, 3.8) is 0 Å². The van der Waals surface area contributed by atoms with E-state index in [1.807, 2.05) is 31.2 Å². The molecule has 1 unspecified atom stereocenters. The third-order valence-electron chi connectivity index (χ3n) is 3.69. The highest BCUT2D eigenvalue weighted by molar-refractivity contribution is 7.71. The van der Waals surface area contributed by atoms with Gasteiger partial charge < -0.3 is 20.0 Å². The fourth-order valence-corrected chi connectivity index (χ4v) is 2.74. The minimum absolute atomic E-state index is 0.0686. The lowest BCUT2D eigenvalue weighted by molar-refractivity contribution is -0.138. The zero-order valence-corrected chi connectivity index (χ0v) is 15.9. The third kappa shape index (κ3) is 5.46. The van der Waals surface area contributed by atoms with Gasteiger partial charge in [0.1, 0.15) is 6.04 Å². The molecule has 1 amide bonds. The predicted molar refractivity (Wildman–Crippen MR) is 103 cm³/mol. The first kappa shape index (κ1) is 19.7. The van der Waals surface area contributed by atoms with E-state index < -0.39 is 12.0 Å². The van der Waals surface area contributed by atoms with Crippen molar-refractivity contribution in [2.24, 2.45) is 0 Å². The normalized spacial score (nSPS) is 11.6. The molecule has 26 heavy (non-hydrogen) atoms. The largest absolute Gasteiger partial charge is 0.480 e. The maximum absolute atomic E-state index is 12.2. The van der Waals surface area contributed by atoms with E-state index in [-0.39, 0.29) is 34.4 Å². The van der Waals surface area contributed by atoms with Crippen LogP contribution in [-0.2, 0) is 9.59 Å². The number of amides is 1. The minimum Gasteiger partial charge on any atom is -0.480 e. The average Bonchev–Trinajstić information content (AvgIpc) is 2.55. The van der Waals surface area contributed by atoms with Crippen LogP contribution in [0.25, 0.3) is 0 Å². The number of nitrogens with zero attached hydrogens (tertiary/aromatic N) is 2. The quantitative estimate of drug-likeness (QED) is 0.535. The summed E-state index contributed by atoms with van der Waals surface area (Å²) in [5.41, 5.74) is 1.80. The number of aliphatic carboxylic acids is 1. The molecule has 0 spiro atoms. The molecule has 10 heteroatoms. The van der Waals surface area contributed by atoms with Crippen LogP contribution in [0.1, 0.15) is 18.9 Å². The molecular formula is C16H19N5O3S2. The summed E-state index contributed by atoms with van der Waals surface area (Å²) in [5, 5.41) is 11.9. The monoisotopic (exact) mass is 393 g/mol. The molecule has 0 aliphatic rings. The minimum atomic E-state index is -0.967. The first-order valence-corrected chi connectivity index (χ1v) is 8.64. The molecular weight excluding hydrogens is 374 g/mol. The molecule has 2 aromatic rings. The van der Waals surface area contributed by atoms with E-state index in [1.54, 1.807) is 11.8 Å². The average molecular weight is 393 g/mol. The van der Waals surface area contributed by atoms with Gasteiger partial charge in [-0.25, -0.2) is 4.79 Å². The van der Waals surface area contributed by atoms with Crippen LogP contribution in [0.2, 0.25) is 0 Å². The highest BCUT2D eigenvalue weighted by Crippen LogP contribution is 2.18. The Kier molecular flexibility index (Phi) is 6.58. The summed E-state index contributed by atoms with van der Waals surface area (Å²) in [5.74, 6) is -1.15. The number of carbonyl (C=O) groups is 2. The van der Waals surface area contributed by atoms with Gasteiger partial charge in [0.05, 0.1) is 0 Å². The summed E-state index contributed by atoms with van der Waals surface area (Å²) in [7, 11) is 0. The summed E-state index contributed by atoms with van der Waals surface area (Å²) < 4.78 is 0.408. The molecule has 1 aromatic carbocycles. The maximum Gasteiger partial charge on any atom is 0.326 e. The van der Waals surface area contributed by atoms with E-state index in [0.29, 0.717) is 0 Å². The zero-order chi connectivity index (χ0) is 19.3. The second-order valence-electron chi connectivity index (χ2n) is 5.69. The molecule has 0 aliphatic heterocycles. The molecule has 0 saturated heterocycles. The van der Waals surface area contributed by atoms with Crippen molar-refractivity contribution in [1.29, 1.82) is 0 Å². The fourth-order valence-electron chi connectivity index (χ4n) is 2.29. The first-order valence-electron chi connectivity index (χ1n) is 7.83. The Morgan fingerprint density at radius 2 is 1.92 bits per heavy atom. The molecule has 4 N–H and O–H groups in total. The van der Waals surface area contributed by atoms with Gasteiger partial charge in [-0.1, -0.05) is 17.7 Å². The van der Waals surface area contributed by atoms with Gasteiger partial charge in [-0.05, 0) is 50.4 Å². The number of carboxylic acids is 1. The smallest absolute Gasteiger partial charge is 0.326 e. The predicted octanol–water partition coefficient (Wildman–Crippen LogP) is 2.81. The Hall–Kier alpha value is -2.59. The van der Waals surface area contributed by atoms with Gasteiger partial charge in [0.2, 0.25) is 16.6 Å². The number of nitrogens with one attached hydrogen (secondary N) is 3. The van der Waals surface area contributed by atoms with Crippen LogP contribution in [0, 0.1) is 16.5 Å². The van der Waals surface area contributed by atoms with Crippen LogP contribution < -0.4 is 10.2 Å². The third-order valence-corrected chi connectivity index (χ3v) is 4.09. The summed E-state index contributed by atoms with van der Waals surface area (Å²) in [4.78, 5) is 34.5. The van der Waals surface area contributed by atoms with Gasteiger partial charge in [-0.2, -0.15) is 4.98 Å². The lowest BCUT2D eigenvalue weighted by Gasteiger charge is -2.28. The Balaban J connectivity index is 2.09. The molecule has 1 atom stereocenters. The molecule has 0 bridgehead atoms. The van der Waals surface area contributed by atoms with Gasteiger partial charge in [0.25, 0.3) is 0 Å². The van der Waals surface area contributed by atoms with E-state index in [2.05, 4.69) is 20.3 Å². The molecule has 0 aliphatic carbocycles. The number of H-pyrrole nitrogens is 2. The Bertz CT molecular complexity index is 879. The van der Waals surface area contributed by atoms with Crippen molar-refractivity contribution >= 4 is 47.9 Å². The second-order valence-corrected chi connectivity index (χ2v) is 6.48. The number of aryl methyl sites for hydroxylation is 1. The first-order chi connectivity index (χ1) is 12.3. The van der Waals surface area contributed by atoms with Crippen LogP contribution in [0.4, 0.5) is 11.6 Å². The Morgan fingerprint density at radius 3 is 2.50 bits per heavy atom. The molecule has 0 fully saturated rings. The van der Waals surface area contributed by atoms with E-state index in [9.17, 15) is 14.7 Å². The van der Waals surface area contributed by atoms with Gasteiger partial charge in [-0.15, -0.1) is 0 Å². The Morgan fingerprint density at radius 1 is 1.27 bits per heavy atom. The summed E-state index contributed by atoms with van der Waals surface area (Å²) in [6.07, 6.45) is 0.0686. The van der Waals surface area contributed by atoms with E-state index in [4.69, 9.17) is 24.4 Å². The number of carboxylic acid groups (broad SMARTS) is 1. The second kappa shape index (κ2) is 8.68. The molecule has 1 aromatic heterocycles. The van der Waals surface area contributed by atoms with Crippen molar-refractivity contribution in [2.75, 3.05) is 16.8 Å². The Labute approximate surface area is 160 Å². The molecule has 1 heterocycles. The topological polar surface area (TPSA) is 114 Å². The number of rotatable bonds is 7. The zero-order valence-electron chi connectivity index (χ0n) is 14.3. The number of hydrogen-bond acceptors (Lipinski definition) is 6. The summed E-state index contributed by atoms with van der Waals surface area (Å²) in [6.45, 7) is 3.75. The lowest BCUT2D eigenvalue weighted by atomic mass is 10.1. The van der Waals surface area contributed by atoms with Crippen molar-refractivity contribution in [3.8, 4) is 0 Å². The van der Waals surface area contributed by atoms with Crippen LogP contribution in [-0.4, -0.2) is 44.5 Å². The highest BCUT2D eigenvalue weighted by Gasteiger charge is 2.21. The summed E-state index contributed by atoms with van der Waals surface area (Å²) in [6, 6.07) is 6.68. The molecule has 0 radical (unpaired) electrons.